The molecule has 0 N–H and O–H groups in total. The fourth-order valence-corrected chi connectivity index (χ4v) is 0. The topological polar surface area (TPSA) is 17.1 Å². The molecule has 0 atom stereocenters. The van der Waals surface area contributed by atoms with Crippen LogP contribution in [0.2, 0.25) is 0 Å². The molecule has 7 heavy (non-hydrogen) atoms. The minimum absolute atomic E-state index is 0.784. The average Bonchev–Trinajstić information content (AvgIpc) is 1.31. The van der Waals surface area contributed by atoms with E-state index in [4.69, 9.17) is 0 Å². The van der Waals surface area contributed by atoms with Gasteiger partial charge in [0, 0.05) is 29.5 Å². The van der Waals surface area contributed by atoms with Crippen LogP contribution < -0.4 is 0 Å². The number of rotatable bonds is 1. The first-order valence-corrected chi connectivity index (χ1v) is 2.60. The Balaban J connectivity index is 3.79. The van der Waals surface area contributed by atoms with Crippen molar-refractivity contribution in [2.75, 3.05) is 0 Å². The van der Waals surface area contributed by atoms with E-state index in [2.05, 4.69) is 0 Å². The van der Waals surface area contributed by atoms with Crippen LogP contribution in [0, 0.1) is 0 Å². The van der Waals surface area contributed by atoms with Gasteiger partial charge in [-0.1, -0.05) is 0 Å². The van der Waals surface area contributed by atoms with Gasteiger partial charge < -0.3 is 0 Å². The Bertz CT molecular complexity index is 85.4. The van der Waals surface area contributed by atoms with E-state index >= 15 is 0 Å². The molecule has 0 heterocycles. The summed E-state index contributed by atoms with van der Waals surface area (Å²) >= 11 is 0.784. The quantitative estimate of drug-likeness (QED) is 0.484. The third-order valence-corrected chi connectivity index (χ3v) is 1.16. The summed E-state index contributed by atoms with van der Waals surface area (Å²) in [5, 5.41) is 0. The lowest BCUT2D eigenvalue weighted by atomic mass is 10.5. The number of carbonyl (C=O) groups excluding carboxylic acids is 1. The van der Waals surface area contributed by atoms with E-state index in [1.807, 2.05) is 0 Å². The molecule has 0 aliphatic carbocycles. The Hall–Kier alpha value is 0.260. The second-order valence-electron chi connectivity index (χ2n) is 1.05. The number of halogens is 3. The molecule has 0 amide bonds. The van der Waals surface area contributed by atoms with Crippen LogP contribution in [0.4, 0.5) is 8.78 Å². The van der Waals surface area contributed by atoms with Gasteiger partial charge in [0.25, 0.3) is 0 Å². The third kappa shape index (κ3) is 2.90. The summed E-state index contributed by atoms with van der Waals surface area (Å²) in [4.78, 5) is 9.71. The Morgan fingerprint density at radius 1 is 1.71 bits per heavy atom. The van der Waals surface area contributed by atoms with Crippen LogP contribution in [-0.4, -0.2) is 9.71 Å². The zero-order chi connectivity index (χ0) is 6.08. The maximum Gasteiger partial charge on any atom is 0.353 e. The maximum atomic E-state index is 11.5. The SMILES string of the molecule is CC(=O)C(F)(F)I. The van der Waals surface area contributed by atoms with E-state index in [9.17, 15) is 13.6 Å². The highest BCUT2D eigenvalue weighted by atomic mass is 127. The Kier molecular flexibility index (Phi) is 2.09. The highest BCUT2D eigenvalue weighted by molar-refractivity contribution is 14.1. The third-order valence-electron chi connectivity index (χ3n) is 0.399. The van der Waals surface area contributed by atoms with Crippen molar-refractivity contribution in [3.05, 3.63) is 0 Å². The van der Waals surface area contributed by atoms with Crippen molar-refractivity contribution >= 4 is 28.4 Å². The van der Waals surface area contributed by atoms with Gasteiger partial charge >= 0.3 is 3.93 Å². The molecule has 0 aromatic carbocycles. The van der Waals surface area contributed by atoms with Gasteiger partial charge in [-0.25, -0.2) is 0 Å². The number of hydrogen-bond donors (Lipinski definition) is 0. The molecule has 0 spiro atoms. The minimum atomic E-state index is -3.17. The number of hydrogen-bond acceptors (Lipinski definition) is 1. The van der Waals surface area contributed by atoms with Crippen LogP contribution >= 0.6 is 22.6 Å². The predicted molar refractivity (Wildman–Crippen MR) is 29.6 cm³/mol. The van der Waals surface area contributed by atoms with Gasteiger partial charge in [-0.3, -0.25) is 4.79 Å². The molecule has 0 aliphatic rings. The van der Waals surface area contributed by atoms with E-state index in [0.717, 1.165) is 29.5 Å². The molecule has 0 fully saturated rings. The molecule has 0 bridgehead atoms. The van der Waals surface area contributed by atoms with Gasteiger partial charge in [0.1, 0.15) is 0 Å². The monoisotopic (exact) mass is 220 g/mol. The van der Waals surface area contributed by atoms with Crippen LogP contribution in [0.25, 0.3) is 0 Å². The first-order valence-electron chi connectivity index (χ1n) is 1.52. The molecule has 1 nitrogen and oxygen atoms in total. The molecule has 0 saturated heterocycles. The van der Waals surface area contributed by atoms with Crippen molar-refractivity contribution in [2.24, 2.45) is 0 Å². The van der Waals surface area contributed by atoms with Crippen LogP contribution in [0.5, 0.6) is 0 Å². The van der Waals surface area contributed by atoms with Gasteiger partial charge in [-0.05, 0) is 0 Å². The fraction of sp³-hybridized carbons (Fsp3) is 0.667. The zero-order valence-corrected chi connectivity index (χ0v) is 5.70. The molecular weight excluding hydrogens is 217 g/mol. The van der Waals surface area contributed by atoms with E-state index in [1.165, 1.54) is 0 Å². The van der Waals surface area contributed by atoms with Gasteiger partial charge in [0.05, 0.1) is 0 Å². The Morgan fingerprint density at radius 2 is 1.86 bits per heavy atom. The molecule has 0 aromatic heterocycles. The molecule has 4 heteroatoms. The predicted octanol–water partition coefficient (Wildman–Crippen LogP) is 1.60. The molecule has 0 aromatic rings. The lowest BCUT2D eigenvalue weighted by Gasteiger charge is -1.98. The van der Waals surface area contributed by atoms with Crippen LogP contribution in [0.15, 0.2) is 0 Å². The molecule has 0 aliphatic heterocycles. The van der Waals surface area contributed by atoms with Crippen molar-refractivity contribution in [3.8, 4) is 0 Å². The van der Waals surface area contributed by atoms with Crippen molar-refractivity contribution in [1.82, 2.24) is 0 Å². The van der Waals surface area contributed by atoms with E-state index in [0.29, 0.717) is 0 Å². The molecule has 42 valence electrons. The number of ketones is 1. The van der Waals surface area contributed by atoms with Gasteiger partial charge in [0.2, 0.25) is 5.78 Å². The molecule has 0 radical (unpaired) electrons. The summed E-state index contributed by atoms with van der Waals surface area (Å²) in [6.07, 6.45) is 0. The van der Waals surface area contributed by atoms with Crippen LogP contribution in [0.3, 0.4) is 0 Å². The Morgan fingerprint density at radius 3 is 1.86 bits per heavy atom. The van der Waals surface area contributed by atoms with E-state index in [-0.39, 0.29) is 0 Å². The van der Waals surface area contributed by atoms with Crippen molar-refractivity contribution in [3.63, 3.8) is 0 Å². The van der Waals surface area contributed by atoms with E-state index in [1.54, 1.807) is 0 Å². The normalized spacial score (nSPS) is 11.4. The standard InChI is InChI=1S/C3H3F2IO/c1-2(7)3(4,5)6/h1H3. The summed E-state index contributed by atoms with van der Waals surface area (Å²) in [6, 6.07) is 0. The summed E-state index contributed by atoms with van der Waals surface area (Å²) in [5.74, 6) is -1.10. The smallest absolute Gasteiger partial charge is 0.292 e. The van der Waals surface area contributed by atoms with Crippen LogP contribution in [-0.2, 0) is 4.79 Å². The van der Waals surface area contributed by atoms with Crippen LogP contribution in [0.1, 0.15) is 6.92 Å². The van der Waals surface area contributed by atoms with Crippen molar-refractivity contribution in [2.45, 2.75) is 10.9 Å². The maximum absolute atomic E-state index is 11.5. The van der Waals surface area contributed by atoms with Crippen molar-refractivity contribution < 1.29 is 13.6 Å². The highest BCUT2D eigenvalue weighted by Gasteiger charge is 2.29. The molecule has 0 saturated carbocycles. The summed E-state index contributed by atoms with van der Waals surface area (Å²) in [7, 11) is 0. The molecule has 0 unspecified atom stereocenters. The highest BCUT2D eigenvalue weighted by Crippen LogP contribution is 2.22. The Labute approximate surface area is 53.2 Å². The van der Waals surface area contributed by atoms with Gasteiger partial charge in [-0.2, -0.15) is 8.78 Å². The zero-order valence-electron chi connectivity index (χ0n) is 3.54. The summed E-state index contributed by atoms with van der Waals surface area (Å²) < 4.78 is 19.8. The second-order valence-corrected chi connectivity index (χ2v) is 2.41. The lowest BCUT2D eigenvalue weighted by molar-refractivity contribution is -0.128. The van der Waals surface area contributed by atoms with Gasteiger partial charge in [0.15, 0.2) is 0 Å². The lowest BCUT2D eigenvalue weighted by Crippen LogP contribution is -2.15. The first-order chi connectivity index (χ1) is 2.94. The van der Waals surface area contributed by atoms with Gasteiger partial charge in [-0.15, -0.1) is 0 Å². The fourth-order valence-electron chi connectivity index (χ4n) is 0. The van der Waals surface area contributed by atoms with Crippen molar-refractivity contribution in [1.29, 1.82) is 0 Å². The minimum Gasteiger partial charge on any atom is -0.292 e. The average molecular weight is 220 g/mol. The second kappa shape index (κ2) is 2.02. The summed E-state index contributed by atoms with van der Waals surface area (Å²) in [6.45, 7) is 0.854. The van der Waals surface area contributed by atoms with E-state index < -0.39 is 9.71 Å². The largest absolute Gasteiger partial charge is 0.353 e. The first kappa shape index (κ1) is 7.26. The molecule has 0 rings (SSSR count). The number of Topliss-reactive ketones (excluding diaryl/α,β-unsaturated/α-hetero) is 1. The number of carbonyl (C=O) groups is 1. The molecular formula is C3H3F2IO. The number of alkyl halides is 3. The summed E-state index contributed by atoms with van der Waals surface area (Å²) in [5.41, 5.74) is 0.